The van der Waals surface area contributed by atoms with E-state index < -0.39 is 39.1 Å². The van der Waals surface area contributed by atoms with E-state index in [4.69, 9.17) is 0 Å². The molecule has 16 heavy (non-hydrogen) atoms. The Labute approximate surface area is 85.8 Å². The summed E-state index contributed by atoms with van der Waals surface area (Å²) in [5.74, 6) is 0. The van der Waals surface area contributed by atoms with E-state index in [1.807, 2.05) is 0 Å². The summed E-state index contributed by atoms with van der Waals surface area (Å²) in [5, 5.41) is 0. The number of halogens is 6. The van der Waals surface area contributed by atoms with Gasteiger partial charge in [-0.05, 0) is 12.5 Å². The molecule has 0 aromatic rings. The maximum absolute atomic E-state index is 12.2. The highest BCUT2D eigenvalue weighted by Gasteiger charge is 2.58. The number of hydrogen-bond donors (Lipinski definition) is 0. The zero-order valence-corrected chi connectivity index (χ0v) is 8.29. The van der Waals surface area contributed by atoms with Crippen molar-refractivity contribution < 1.29 is 38.9 Å². The molecule has 1 aliphatic heterocycles. The Morgan fingerprint density at radius 3 is 1.75 bits per heavy atom. The van der Waals surface area contributed by atoms with Crippen LogP contribution in [0.5, 0.6) is 0 Å². The van der Waals surface area contributed by atoms with Crippen molar-refractivity contribution in [1.29, 1.82) is 0 Å². The molecular formula is C6H4F6O3S. The van der Waals surface area contributed by atoms with Crippen LogP contribution in [0.15, 0.2) is 10.5 Å². The van der Waals surface area contributed by atoms with Crippen LogP contribution in [0, 0.1) is 0 Å². The molecule has 0 radical (unpaired) electrons. The minimum absolute atomic E-state index is 0.422. The second kappa shape index (κ2) is 3.36. The van der Waals surface area contributed by atoms with Crippen LogP contribution in [-0.4, -0.2) is 26.9 Å². The van der Waals surface area contributed by atoms with Crippen LogP contribution >= 0.6 is 0 Å². The number of hydrogen-bond acceptors (Lipinski definition) is 3. The fraction of sp³-hybridized carbons (Fsp3) is 0.667. The Kier molecular flexibility index (Phi) is 2.79. The first-order chi connectivity index (χ1) is 6.87. The van der Waals surface area contributed by atoms with Gasteiger partial charge in [0.05, 0.1) is 0 Å². The van der Waals surface area contributed by atoms with E-state index in [1.165, 1.54) is 0 Å². The predicted octanol–water partition coefficient (Wildman–Crippen LogP) is 2.11. The molecular weight excluding hydrogens is 266 g/mol. The van der Waals surface area contributed by atoms with Gasteiger partial charge < -0.3 is 0 Å². The largest absolute Gasteiger partial charge is 0.429 e. The van der Waals surface area contributed by atoms with Crippen LogP contribution in [0.2, 0.25) is 0 Å². The topological polar surface area (TPSA) is 43.4 Å². The highest BCUT2D eigenvalue weighted by Crippen LogP contribution is 2.44. The molecule has 94 valence electrons. The smallest absolute Gasteiger partial charge is 0.249 e. The quantitative estimate of drug-likeness (QED) is 0.500. The van der Waals surface area contributed by atoms with Crippen LogP contribution in [-0.2, 0) is 14.3 Å². The zero-order valence-electron chi connectivity index (χ0n) is 7.48. The molecule has 1 heterocycles. The van der Waals surface area contributed by atoms with Gasteiger partial charge in [-0.15, -0.1) is 0 Å². The maximum atomic E-state index is 12.2. The van der Waals surface area contributed by atoms with Gasteiger partial charge in [0, 0.05) is 0 Å². The van der Waals surface area contributed by atoms with Gasteiger partial charge in [0.15, 0.2) is 11.0 Å². The summed E-state index contributed by atoms with van der Waals surface area (Å²) in [7, 11) is -5.39. The van der Waals surface area contributed by atoms with Crippen LogP contribution < -0.4 is 0 Å². The van der Waals surface area contributed by atoms with Gasteiger partial charge in [0.1, 0.15) is 0 Å². The fourth-order valence-electron chi connectivity index (χ4n) is 1.23. The summed E-state index contributed by atoms with van der Waals surface area (Å²) in [6, 6.07) is 0. The fourth-order valence-corrected chi connectivity index (χ4v) is 2.62. The highest BCUT2D eigenvalue weighted by molar-refractivity contribution is 7.91. The molecule has 0 saturated carbocycles. The molecule has 1 unspecified atom stereocenters. The van der Waals surface area contributed by atoms with Crippen molar-refractivity contribution in [3.63, 3.8) is 0 Å². The first-order valence-corrected chi connectivity index (χ1v) is 5.06. The number of rotatable bonds is 0. The van der Waals surface area contributed by atoms with Crippen LogP contribution in [0.4, 0.5) is 26.3 Å². The van der Waals surface area contributed by atoms with Gasteiger partial charge in [-0.1, -0.05) is 0 Å². The lowest BCUT2D eigenvalue weighted by Crippen LogP contribution is -2.30. The molecule has 3 nitrogen and oxygen atoms in total. The van der Waals surface area contributed by atoms with Gasteiger partial charge in [-0.3, -0.25) is 0 Å². The summed E-state index contributed by atoms with van der Waals surface area (Å²) >= 11 is 0. The van der Waals surface area contributed by atoms with Crippen molar-refractivity contribution in [3.8, 4) is 0 Å². The Morgan fingerprint density at radius 1 is 1.12 bits per heavy atom. The third kappa shape index (κ3) is 2.17. The van der Waals surface area contributed by atoms with Gasteiger partial charge in [0.2, 0.25) is 0 Å². The molecule has 0 spiro atoms. The molecule has 0 N–H and O–H groups in total. The molecule has 1 rings (SSSR count). The first-order valence-electron chi connectivity index (χ1n) is 3.65. The third-order valence-corrected chi connectivity index (χ3v) is 3.28. The predicted molar refractivity (Wildman–Crippen MR) is 38.6 cm³/mol. The molecule has 0 aromatic carbocycles. The highest BCUT2D eigenvalue weighted by atomic mass is 32.2. The molecule has 0 aromatic heterocycles. The van der Waals surface area contributed by atoms with E-state index in [0.29, 0.717) is 6.92 Å². The van der Waals surface area contributed by atoms with Crippen molar-refractivity contribution in [1.82, 2.24) is 0 Å². The lowest BCUT2D eigenvalue weighted by molar-refractivity contribution is -0.180. The monoisotopic (exact) mass is 270 g/mol. The summed E-state index contributed by atoms with van der Waals surface area (Å²) in [5.41, 5.74) is -1.40. The Hall–Kier alpha value is -0.770. The molecule has 10 heteroatoms. The summed E-state index contributed by atoms with van der Waals surface area (Å²) in [6.07, 6.45) is -13.7. The van der Waals surface area contributed by atoms with Gasteiger partial charge >= 0.3 is 22.5 Å². The van der Waals surface area contributed by atoms with Gasteiger partial charge in [-0.2, -0.15) is 34.8 Å². The van der Waals surface area contributed by atoms with Crippen LogP contribution in [0.3, 0.4) is 0 Å². The standard InChI is InChI=1S/C6H4F6O3S/c1-2-3(5(7,8)9)15-16(13,14)4(2)6(10,11)12/h3H,1H3. The summed E-state index contributed by atoms with van der Waals surface area (Å²) in [6.45, 7) is 0.422. The zero-order chi connectivity index (χ0) is 12.9. The Balaban J connectivity index is 3.38. The van der Waals surface area contributed by atoms with Crippen LogP contribution in [0.1, 0.15) is 6.92 Å². The molecule has 1 aliphatic rings. The van der Waals surface area contributed by atoms with E-state index in [-0.39, 0.29) is 0 Å². The van der Waals surface area contributed by atoms with Crippen molar-refractivity contribution in [2.24, 2.45) is 0 Å². The van der Waals surface area contributed by atoms with E-state index in [1.54, 1.807) is 0 Å². The van der Waals surface area contributed by atoms with E-state index in [0.717, 1.165) is 0 Å². The Bertz CT molecular complexity index is 428. The lowest BCUT2D eigenvalue weighted by atomic mass is 10.1. The minimum atomic E-state index is -5.40. The second-order valence-corrected chi connectivity index (χ2v) is 4.49. The van der Waals surface area contributed by atoms with Crippen molar-refractivity contribution in [2.75, 3.05) is 0 Å². The lowest BCUT2D eigenvalue weighted by Gasteiger charge is -2.13. The molecule has 0 bridgehead atoms. The minimum Gasteiger partial charge on any atom is -0.249 e. The summed E-state index contributed by atoms with van der Waals surface area (Å²) in [4.78, 5) is -2.28. The SMILES string of the molecule is CC1=C(C(F)(F)F)S(=O)(=O)OC1C(F)(F)F. The van der Waals surface area contributed by atoms with Crippen molar-refractivity contribution in [2.45, 2.75) is 25.4 Å². The van der Waals surface area contributed by atoms with Crippen molar-refractivity contribution >= 4 is 10.1 Å². The van der Waals surface area contributed by atoms with E-state index >= 15 is 0 Å². The van der Waals surface area contributed by atoms with Gasteiger partial charge in [0.25, 0.3) is 0 Å². The van der Waals surface area contributed by atoms with Crippen molar-refractivity contribution in [3.05, 3.63) is 10.5 Å². The van der Waals surface area contributed by atoms with E-state index in [2.05, 4.69) is 4.18 Å². The van der Waals surface area contributed by atoms with Crippen LogP contribution in [0.25, 0.3) is 0 Å². The molecule has 0 aliphatic carbocycles. The average Bonchev–Trinajstić information content (AvgIpc) is 2.17. The maximum Gasteiger partial charge on any atom is 0.429 e. The average molecular weight is 270 g/mol. The van der Waals surface area contributed by atoms with E-state index in [9.17, 15) is 34.8 Å². The molecule has 1 atom stereocenters. The first kappa shape index (κ1) is 13.3. The second-order valence-electron chi connectivity index (χ2n) is 2.98. The molecule has 0 saturated heterocycles. The number of allylic oxidation sites excluding steroid dienone is 1. The third-order valence-electron chi connectivity index (χ3n) is 1.78. The molecule has 0 fully saturated rings. The normalized spacial score (nSPS) is 26.3. The van der Waals surface area contributed by atoms with Gasteiger partial charge in [-0.25, -0.2) is 4.18 Å². The summed E-state index contributed by atoms with van der Waals surface area (Å²) < 4.78 is 97.9. The number of alkyl halides is 6. The Morgan fingerprint density at radius 2 is 1.56 bits per heavy atom. The molecule has 0 amide bonds.